The molecule has 3 rings (SSSR count). The van der Waals surface area contributed by atoms with E-state index in [4.69, 9.17) is 5.11 Å². The van der Waals surface area contributed by atoms with E-state index in [9.17, 15) is 14.4 Å². The number of aliphatic carboxylic acids is 1. The maximum atomic E-state index is 12.7. The molecule has 2 atom stereocenters. The van der Waals surface area contributed by atoms with Crippen molar-refractivity contribution in [2.75, 3.05) is 0 Å². The number of hydrogen-bond acceptors (Lipinski definition) is 3. The van der Waals surface area contributed by atoms with Gasteiger partial charge in [0, 0.05) is 12.0 Å². The molecule has 158 valence electrons. The molecule has 6 heteroatoms. The number of carbonyl (C=O) groups excluding carboxylic acids is 2. The highest BCUT2D eigenvalue weighted by Gasteiger charge is 2.25. The Balaban J connectivity index is 1.77. The number of carboxylic acid groups (broad SMARTS) is 1. The summed E-state index contributed by atoms with van der Waals surface area (Å²) in [5, 5.41) is 14.3. The van der Waals surface area contributed by atoms with Crippen LogP contribution in [0.3, 0.4) is 0 Å². The average molecular weight is 416 g/mol. The van der Waals surface area contributed by atoms with Crippen LogP contribution in [0.15, 0.2) is 84.9 Å². The Morgan fingerprint density at radius 2 is 1.32 bits per heavy atom. The van der Waals surface area contributed by atoms with E-state index in [0.29, 0.717) is 5.56 Å². The molecular weight excluding hydrogens is 392 g/mol. The molecule has 0 heterocycles. The zero-order chi connectivity index (χ0) is 22.2. The molecule has 0 saturated heterocycles. The molecule has 0 fully saturated rings. The molecule has 0 bridgehead atoms. The van der Waals surface area contributed by atoms with E-state index < -0.39 is 29.9 Å². The van der Waals surface area contributed by atoms with Gasteiger partial charge in [0.1, 0.15) is 12.1 Å². The highest BCUT2D eigenvalue weighted by Crippen LogP contribution is 2.20. The normalized spacial score (nSPS) is 12.4. The highest BCUT2D eigenvalue weighted by atomic mass is 16.4. The minimum atomic E-state index is -1.14. The lowest BCUT2D eigenvalue weighted by Gasteiger charge is -2.20. The molecule has 2 amide bonds. The maximum Gasteiger partial charge on any atom is 0.325 e. The Morgan fingerprint density at radius 3 is 1.90 bits per heavy atom. The van der Waals surface area contributed by atoms with E-state index in [1.807, 2.05) is 54.6 Å². The number of benzene rings is 3. The third-order valence-corrected chi connectivity index (χ3v) is 4.89. The molecule has 0 aliphatic carbocycles. The lowest BCUT2D eigenvalue weighted by Crippen LogP contribution is -2.51. The lowest BCUT2D eigenvalue weighted by molar-refractivity contribution is -0.141. The van der Waals surface area contributed by atoms with Crippen LogP contribution in [0.25, 0.3) is 11.1 Å². The van der Waals surface area contributed by atoms with Gasteiger partial charge < -0.3 is 15.7 Å². The molecule has 3 aromatic rings. The van der Waals surface area contributed by atoms with Crippen LogP contribution in [0.4, 0.5) is 0 Å². The molecule has 31 heavy (non-hydrogen) atoms. The first-order valence-electron chi connectivity index (χ1n) is 9.97. The minimum Gasteiger partial charge on any atom is -0.480 e. The van der Waals surface area contributed by atoms with E-state index in [1.165, 1.54) is 6.92 Å². The highest BCUT2D eigenvalue weighted by molar-refractivity contribution is 5.98. The Morgan fingerprint density at radius 1 is 0.774 bits per heavy atom. The third kappa shape index (κ3) is 6.02. The van der Waals surface area contributed by atoms with Gasteiger partial charge in [-0.25, -0.2) is 0 Å². The van der Waals surface area contributed by atoms with Gasteiger partial charge in [-0.05, 0) is 35.7 Å². The number of nitrogens with one attached hydrogen (secondary N) is 2. The predicted octanol–water partition coefficient (Wildman–Crippen LogP) is 3.28. The van der Waals surface area contributed by atoms with Crippen molar-refractivity contribution in [1.29, 1.82) is 0 Å². The number of carboxylic acids is 1. The largest absolute Gasteiger partial charge is 0.480 e. The topological polar surface area (TPSA) is 95.5 Å². The number of rotatable bonds is 8. The zero-order valence-corrected chi connectivity index (χ0v) is 17.1. The second-order valence-electron chi connectivity index (χ2n) is 7.23. The Bertz CT molecular complexity index is 1030. The standard InChI is InChI=1S/C25H24N2O4/c1-17(25(30)31)26-24(29)22(27-23(28)21-10-6-3-7-11-21)16-18-12-14-20(15-13-18)19-8-4-2-5-9-19/h2-15,17,22H,16H2,1H3,(H,26,29)(H,27,28)(H,30,31)/t17-,22+/m0/s1. The molecule has 0 spiro atoms. The summed E-state index contributed by atoms with van der Waals surface area (Å²) < 4.78 is 0. The van der Waals surface area contributed by atoms with E-state index in [0.717, 1.165) is 16.7 Å². The predicted molar refractivity (Wildman–Crippen MR) is 119 cm³/mol. The summed E-state index contributed by atoms with van der Waals surface area (Å²) in [6.45, 7) is 1.38. The second-order valence-corrected chi connectivity index (χ2v) is 7.23. The first-order valence-corrected chi connectivity index (χ1v) is 9.97. The molecule has 0 aliphatic heterocycles. The molecule has 0 aromatic heterocycles. The number of carbonyl (C=O) groups is 3. The van der Waals surface area contributed by atoms with E-state index in [1.54, 1.807) is 30.3 Å². The molecule has 6 nitrogen and oxygen atoms in total. The molecule has 0 saturated carbocycles. The minimum absolute atomic E-state index is 0.228. The average Bonchev–Trinajstić information content (AvgIpc) is 2.80. The Kier molecular flexibility index (Phi) is 7.17. The maximum absolute atomic E-state index is 12.7. The van der Waals surface area contributed by atoms with Crippen LogP contribution < -0.4 is 10.6 Å². The van der Waals surface area contributed by atoms with Crippen LogP contribution in [0.1, 0.15) is 22.8 Å². The molecule has 0 unspecified atom stereocenters. The van der Waals surface area contributed by atoms with Crippen LogP contribution in [-0.4, -0.2) is 35.0 Å². The van der Waals surface area contributed by atoms with Crippen molar-refractivity contribution in [2.24, 2.45) is 0 Å². The lowest BCUT2D eigenvalue weighted by atomic mass is 10.00. The van der Waals surface area contributed by atoms with Crippen molar-refractivity contribution in [3.05, 3.63) is 96.1 Å². The second kappa shape index (κ2) is 10.2. The Hall–Kier alpha value is -3.93. The van der Waals surface area contributed by atoms with E-state index >= 15 is 0 Å². The van der Waals surface area contributed by atoms with Gasteiger partial charge in [0.15, 0.2) is 0 Å². The van der Waals surface area contributed by atoms with Crippen molar-refractivity contribution in [3.8, 4) is 11.1 Å². The molecular formula is C25H24N2O4. The quantitative estimate of drug-likeness (QED) is 0.525. The van der Waals surface area contributed by atoms with Crippen LogP contribution in [0.2, 0.25) is 0 Å². The van der Waals surface area contributed by atoms with Gasteiger partial charge in [0.2, 0.25) is 5.91 Å². The van der Waals surface area contributed by atoms with Gasteiger partial charge in [-0.15, -0.1) is 0 Å². The SMILES string of the molecule is C[C@H](NC(=O)[C@@H](Cc1ccc(-c2ccccc2)cc1)NC(=O)c1ccccc1)C(=O)O. The molecule has 0 aliphatic rings. The fraction of sp³-hybridized carbons (Fsp3) is 0.160. The summed E-state index contributed by atoms with van der Waals surface area (Å²) >= 11 is 0. The molecule has 3 N–H and O–H groups in total. The summed E-state index contributed by atoms with van der Waals surface area (Å²) in [5.74, 6) is -2.09. The van der Waals surface area contributed by atoms with Gasteiger partial charge in [0.25, 0.3) is 5.91 Å². The summed E-state index contributed by atoms with van der Waals surface area (Å²) in [4.78, 5) is 36.5. The first-order chi connectivity index (χ1) is 14.9. The van der Waals surface area contributed by atoms with Gasteiger partial charge in [-0.1, -0.05) is 72.8 Å². The van der Waals surface area contributed by atoms with Crippen molar-refractivity contribution in [3.63, 3.8) is 0 Å². The van der Waals surface area contributed by atoms with Crippen LogP contribution >= 0.6 is 0 Å². The summed E-state index contributed by atoms with van der Waals surface area (Å²) in [7, 11) is 0. The van der Waals surface area contributed by atoms with Crippen LogP contribution in [0.5, 0.6) is 0 Å². The summed E-state index contributed by atoms with van der Waals surface area (Å²) in [5.41, 5.74) is 3.39. The van der Waals surface area contributed by atoms with Gasteiger partial charge in [-0.3, -0.25) is 14.4 Å². The fourth-order valence-corrected chi connectivity index (χ4v) is 3.12. The summed E-state index contributed by atoms with van der Waals surface area (Å²) in [6, 6.07) is 24.2. The van der Waals surface area contributed by atoms with Gasteiger partial charge in [0.05, 0.1) is 0 Å². The molecule has 3 aromatic carbocycles. The van der Waals surface area contributed by atoms with Gasteiger partial charge in [-0.2, -0.15) is 0 Å². The smallest absolute Gasteiger partial charge is 0.325 e. The third-order valence-electron chi connectivity index (χ3n) is 4.89. The van der Waals surface area contributed by atoms with Crippen molar-refractivity contribution >= 4 is 17.8 Å². The van der Waals surface area contributed by atoms with Crippen molar-refractivity contribution in [1.82, 2.24) is 10.6 Å². The fourth-order valence-electron chi connectivity index (χ4n) is 3.12. The van der Waals surface area contributed by atoms with E-state index in [2.05, 4.69) is 10.6 Å². The first kappa shape index (κ1) is 21.8. The number of amides is 2. The van der Waals surface area contributed by atoms with Gasteiger partial charge >= 0.3 is 5.97 Å². The zero-order valence-electron chi connectivity index (χ0n) is 17.1. The van der Waals surface area contributed by atoms with E-state index in [-0.39, 0.29) is 6.42 Å². The van der Waals surface area contributed by atoms with Crippen LogP contribution in [0, 0.1) is 0 Å². The Labute approximate surface area is 180 Å². The summed E-state index contributed by atoms with van der Waals surface area (Å²) in [6.07, 6.45) is 0.228. The van der Waals surface area contributed by atoms with Crippen LogP contribution in [-0.2, 0) is 16.0 Å². The monoisotopic (exact) mass is 416 g/mol. The number of hydrogen-bond donors (Lipinski definition) is 3. The molecule has 0 radical (unpaired) electrons. The van der Waals surface area contributed by atoms with Crippen molar-refractivity contribution < 1.29 is 19.5 Å². The van der Waals surface area contributed by atoms with Crippen molar-refractivity contribution in [2.45, 2.75) is 25.4 Å².